The Morgan fingerprint density at radius 3 is 2.65 bits per heavy atom. The molecule has 34 heavy (non-hydrogen) atoms. The van der Waals surface area contributed by atoms with Gasteiger partial charge in [0, 0.05) is 36.2 Å². The molecule has 4 aromatic rings. The number of benzene rings is 2. The van der Waals surface area contributed by atoms with Crippen molar-refractivity contribution in [1.29, 1.82) is 0 Å². The third-order valence-corrected chi connectivity index (χ3v) is 5.95. The van der Waals surface area contributed by atoms with Crippen molar-refractivity contribution >= 4 is 16.6 Å². The molecule has 0 unspecified atom stereocenters. The topological polar surface area (TPSA) is 112 Å². The predicted octanol–water partition coefficient (Wildman–Crippen LogP) is 3.93. The molecular formula is C24H20FN5O4. The van der Waals surface area contributed by atoms with Gasteiger partial charge in [-0.15, -0.1) is 0 Å². The number of halogens is 1. The molecule has 172 valence electrons. The van der Waals surface area contributed by atoms with Crippen molar-refractivity contribution in [2.75, 3.05) is 13.7 Å². The molecule has 0 radical (unpaired) electrons. The first-order valence-corrected chi connectivity index (χ1v) is 10.7. The Balaban J connectivity index is 1.87. The van der Waals surface area contributed by atoms with Crippen LogP contribution < -0.4 is 15.6 Å². The predicted molar refractivity (Wildman–Crippen MR) is 124 cm³/mol. The number of nitro groups is 1. The number of ether oxygens (including phenoxy) is 1. The van der Waals surface area contributed by atoms with Gasteiger partial charge in [-0.1, -0.05) is 0 Å². The lowest BCUT2D eigenvalue weighted by Gasteiger charge is -2.19. The lowest BCUT2D eigenvalue weighted by Crippen LogP contribution is -2.29. The molecule has 2 aromatic heterocycles. The second-order valence-electron chi connectivity index (χ2n) is 7.96. The van der Waals surface area contributed by atoms with Crippen molar-refractivity contribution in [3.8, 4) is 22.6 Å². The molecule has 1 aliphatic heterocycles. The first kappa shape index (κ1) is 21.7. The highest BCUT2D eigenvalue weighted by Gasteiger charge is 2.26. The maximum absolute atomic E-state index is 14.6. The molecular weight excluding hydrogens is 441 g/mol. The van der Waals surface area contributed by atoms with Crippen LogP contribution >= 0.6 is 0 Å². The van der Waals surface area contributed by atoms with Crippen LogP contribution in [0.2, 0.25) is 0 Å². The molecule has 1 atom stereocenters. The van der Waals surface area contributed by atoms with E-state index in [1.165, 1.54) is 35.9 Å². The third kappa shape index (κ3) is 3.67. The number of non-ortho nitro benzene ring substituents is 1. The minimum atomic E-state index is -0.631. The van der Waals surface area contributed by atoms with Crippen LogP contribution in [0.3, 0.4) is 0 Å². The van der Waals surface area contributed by atoms with E-state index in [0.29, 0.717) is 22.5 Å². The highest BCUT2D eigenvalue weighted by atomic mass is 19.1. The summed E-state index contributed by atoms with van der Waals surface area (Å²) in [5.74, 6) is -0.167. The first-order valence-electron chi connectivity index (χ1n) is 10.7. The number of nitrogens with one attached hydrogen (secondary N) is 1. The summed E-state index contributed by atoms with van der Waals surface area (Å²) in [6.07, 6.45) is 4.78. The quantitative estimate of drug-likeness (QED) is 0.354. The summed E-state index contributed by atoms with van der Waals surface area (Å²) in [5, 5.41) is 15.1. The van der Waals surface area contributed by atoms with Gasteiger partial charge >= 0.3 is 0 Å². The van der Waals surface area contributed by atoms with Gasteiger partial charge < -0.3 is 10.1 Å². The number of rotatable bonds is 5. The second-order valence-corrected chi connectivity index (χ2v) is 7.96. The van der Waals surface area contributed by atoms with Gasteiger partial charge in [-0.3, -0.25) is 24.5 Å². The Bertz CT molecular complexity index is 1470. The Hall–Kier alpha value is -4.18. The van der Waals surface area contributed by atoms with Gasteiger partial charge in [0.05, 0.1) is 34.7 Å². The van der Waals surface area contributed by atoms with E-state index in [1.807, 2.05) is 0 Å². The molecule has 0 aliphatic carbocycles. The smallest absolute Gasteiger partial charge is 0.271 e. The van der Waals surface area contributed by atoms with E-state index in [9.17, 15) is 19.3 Å². The zero-order valence-corrected chi connectivity index (χ0v) is 18.2. The average molecular weight is 461 g/mol. The first-order chi connectivity index (χ1) is 16.5. The fraction of sp³-hybridized carbons (Fsp3) is 0.208. The zero-order valence-electron chi connectivity index (χ0n) is 18.2. The van der Waals surface area contributed by atoms with Crippen LogP contribution in [0.4, 0.5) is 10.1 Å². The van der Waals surface area contributed by atoms with Gasteiger partial charge in [0.1, 0.15) is 5.82 Å². The number of pyridine rings is 1. The monoisotopic (exact) mass is 461 g/mol. The summed E-state index contributed by atoms with van der Waals surface area (Å²) in [6.45, 7) is 0.757. The molecule has 9 nitrogen and oxygen atoms in total. The summed E-state index contributed by atoms with van der Waals surface area (Å²) >= 11 is 0. The lowest BCUT2D eigenvalue weighted by atomic mass is 10.0. The summed E-state index contributed by atoms with van der Waals surface area (Å²) in [4.78, 5) is 33.8. The zero-order chi connectivity index (χ0) is 23.8. The van der Waals surface area contributed by atoms with Gasteiger partial charge in [0.2, 0.25) is 0 Å². The second kappa shape index (κ2) is 8.64. The number of hydrogen-bond donors (Lipinski definition) is 1. The Kier molecular flexibility index (Phi) is 5.50. The molecule has 2 aromatic carbocycles. The summed E-state index contributed by atoms with van der Waals surface area (Å²) in [5.41, 5.74) is 0.953. The molecule has 1 N–H and O–H groups in total. The summed E-state index contributed by atoms with van der Waals surface area (Å²) in [7, 11) is 1.36. The number of methoxy groups -OCH3 is 1. The van der Waals surface area contributed by atoms with Crippen LogP contribution in [0.1, 0.15) is 24.7 Å². The van der Waals surface area contributed by atoms with Gasteiger partial charge in [-0.2, -0.15) is 0 Å². The van der Waals surface area contributed by atoms with E-state index >= 15 is 0 Å². The lowest BCUT2D eigenvalue weighted by molar-refractivity contribution is -0.384. The number of nitrogens with zero attached hydrogens (tertiary/aromatic N) is 4. The van der Waals surface area contributed by atoms with E-state index in [2.05, 4.69) is 10.3 Å². The van der Waals surface area contributed by atoms with Crippen molar-refractivity contribution < 1.29 is 14.1 Å². The highest BCUT2D eigenvalue weighted by Crippen LogP contribution is 2.33. The molecule has 0 spiro atoms. The van der Waals surface area contributed by atoms with Crippen LogP contribution in [-0.4, -0.2) is 33.1 Å². The van der Waals surface area contributed by atoms with Crippen molar-refractivity contribution in [2.45, 2.75) is 18.9 Å². The normalized spacial score (nSPS) is 15.5. The number of aromatic nitrogens is 3. The molecule has 0 bridgehead atoms. The number of hydrogen-bond acceptors (Lipinski definition) is 7. The number of fused-ring (bicyclic) bond motifs is 1. The average Bonchev–Trinajstić information content (AvgIpc) is 3.39. The van der Waals surface area contributed by atoms with Gasteiger partial charge in [-0.05, 0) is 49.2 Å². The molecule has 3 heterocycles. The molecule has 0 amide bonds. The SMILES string of the molecule is COc1ccc(-n2c([C@H]3CCCN3)nc3c(-c4ccncc4)cc([N+](=O)[O-])cc3c2=O)cc1F. The van der Waals surface area contributed by atoms with E-state index in [-0.39, 0.29) is 28.6 Å². The van der Waals surface area contributed by atoms with Crippen LogP contribution in [0.25, 0.3) is 27.7 Å². The standard InChI is InChI=1S/C24H20FN5O4/c1-34-21-5-4-15(13-19(21)25)29-23(20-3-2-8-27-20)28-22-17(14-6-9-26-10-7-14)11-16(30(32)33)12-18(22)24(29)31/h4-7,9-13,20,27H,2-3,8H2,1H3/t20-/m1/s1. The van der Waals surface area contributed by atoms with E-state index < -0.39 is 16.3 Å². The molecule has 10 heteroatoms. The fourth-order valence-electron chi connectivity index (χ4n) is 4.33. The van der Waals surface area contributed by atoms with Crippen molar-refractivity contribution in [1.82, 2.24) is 19.9 Å². The van der Waals surface area contributed by atoms with Gasteiger partial charge in [-0.25, -0.2) is 9.37 Å². The Morgan fingerprint density at radius 2 is 2.00 bits per heavy atom. The molecule has 0 saturated carbocycles. The van der Waals surface area contributed by atoms with Crippen LogP contribution in [0.5, 0.6) is 5.75 Å². The Morgan fingerprint density at radius 1 is 1.21 bits per heavy atom. The third-order valence-electron chi connectivity index (χ3n) is 5.95. The van der Waals surface area contributed by atoms with E-state index in [0.717, 1.165) is 19.4 Å². The molecule has 1 aliphatic rings. The van der Waals surface area contributed by atoms with Crippen molar-refractivity contribution in [3.63, 3.8) is 0 Å². The molecule has 1 fully saturated rings. The van der Waals surface area contributed by atoms with Crippen molar-refractivity contribution in [3.05, 3.63) is 87.0 Å². The largest absolute Gasteiger partial charge is 0.494 e. The summed E-state index contributed by atoms with van der Waals surface area (Å²) < 4.78 is 20.9. The Labute approximate surface area is 193 Å². The minimum Gasteiger partial charge on any atom is -0.494 e. The van der Waals surface area contributed by atoms with E-state index in [4.69, 9.17) is 9.72 Å². The number of nitro benzene ring substituents is 1. The minimum absolute atomic E-state index is 0.0432. The van der Waals surface area contributed by atoms with Gasteiger partial charge in [0.15, 0.2) is 11.6 Å². The van der Waals surface area contributed by atoms with Crippen LogP contribution in [0, 0.1) is 15.9 Å². The fourth-order valence-corrected chi connectivity index (χ4v) is 4.33. The van der Waals surface area contributed by atoms with Crippen LogP contribution in [-0.2, 0) is 0 Å². The molecule has 1 saturated heterocycles. The van der Waals surface area contributed by atoms with Crippen LogP contribution in [0.15, 0.2) is 59.7 Å². The maximum Gasteiger partial charge on any atom is 0.271 e. The summed E-state index contributed by atoms with van der Waals surface area (Å²) in [6, 6.07) is 10.0. The highest BCUT2D eigenvalue weighted by molar-refractivity contribution is 5.95. The molecule has 5 rings (SSSR count). The maximum atomic E-state index is 14.6. The van der Waals surface area contributed by atoms with E-state index in [1.54, 1.807) is 30.6 Å². The van der Waals surface area contributed by atoms with Gasteiger partial charge in [0.25, 0.3) is 11.2 Å². The van der Waals surface area contributed by atoms with Crippen molar-refractivity contribution in [2.24, 2.45) is 0 Å².